The molecule has 0 bridgehead atoms. The van der Waals surface area contributed by atoms with Crippen LogP contribution in [-0.4, -0.2) is 225 Å². The number of anilines is 10. The molecule has 2 aliphatic heterocycles. The topological polar surface area (TPSA) is 398 Å². The standard InChI is InChI=1S/C22H21F3N8.C21H23N7O2.C18H14N6O2.C18H12N6.C13H12N6/c1-31-9-11-32(12-10-31)20-5-4-15(13-17(20)22(23,24)25)29-21-26-8-6-18(30-21)16-14-28-33-19(16)3-2-7-27-33;1-27(2)13-16(29)14-30-17-7-5-15(6-8-17)25-21-22-11-9-19(26-21)18-12-24-28-20(18)4-3-10-23-28;1-2-15-13(11-21-24(15)20-6-1)14-5-7-19-18(23-14)22-12-3-4-16-17(10-12)26-9-8-25-16;1-2-13-5-3-6-14(11-13)22-18-19-10-8-16(23-18)15-12-21-24-17(15)7-4-9-20-24;1-2-12-10(8-16-19(12)15-6-1)11-5-7-14-13(18-11)17-9-3-4-9/h2-8,13-14H,9-12H2,1H3,(H,26,29,30);3-12,16,29H,13-14H2,1-2H3,(H,22,25,26);1-7,10-11H,8-9H2,(H,19,22,23);1,3-12H,(H,19,22,23);1-2,5-9H,3-4H2,(H,14,17,18). The first-order valence-electron chi connectivity index (χ1n) is 41.7. The monoisotopic (exact) mass is 1770 g/mol. The number of hydrogen-bond donors (Lipinski definition) is 6. The van der Waals surface area contributed by atoms with Crippen LogP contribution in [0.15, 0.2) is 269 Å². The van der Waals surface area contributed by atoms with Gasteiger partial charge in [0, 0.05) is 169 Å². The first kappa shape index (κ1) is 85.6. The van der Waals surface area contributed by atoms with Gasteiger partial charge in [-0.25, -0.2) is 49.8 Å². The zero-order chi connectivity index (χ0) is 90.3. The molecule has 132 heavy (non-hydrogen) atoms. The highest BCUT2D eigenvalue weighted by atomic mass is 19.4. The normalized spacial score (nSPS) is 13.2. The molecule has 1 saturated heterocycles. The van der Waals surface area contributed by atoms with Crippen molar-refractivity contribution in [2.75, 3.05) is 105 Å². The predicted molar refractivity (Wildman–Crippen MR) is 489 cm³/mol. The summed E-state index contributed by atoms with van der Waals surface area (Å²) in [5, 5.41) is 67.7. The van der Waals surface area contributed by atoms with Gasteiger partial charge in [-0.15, -0.1) is 6.42 Å². The van der Waals surface area contributed by atoms with Crippen molar-refractivity contribution in [3.63, 3.8) is 0 Å². The van der Waals surface area contributed by atoms with E-state index in [9.17, 15) is 18.3 Å². The van der Waals surface area contributed by atoms with Crippen LogP contribution in [0.4, 0.5) is 71.3 Å². The summed E-state index contributed by atoms with van der Waals surface area (Å²) in [6.07, 6.45) is 28.3. The van der Waals surface area contributed by atoms with Gasteiger partial charge in [-0.2, -0.15) is 87.3 Å². The largest absolute Gasteiger partial charge is 0.491 e. The van der Waals surface area contributed by atoms with Crippen molar-refractivity contribution in [3.8, 4) is 85.9 Å². The van der Waals surface area contributed by atoms with E-state index in [-0.39, 0.29) is 23.9 Å². The lowest BCUT2D eigenvalue weighted by Crippen LogP contribution is -2.45. The zero-order valence-electron chi connectivity index (χ0n) is 71.0. The molecule has 660 valence electrons. The van der Waals surface area contributed by atoms with Crippen LogP contribution in [0.25, 0.3) is 83.9 Å². The Morgan fingerprint density at radius 1 is 0.439 bits per heavy atom. The van der Waals surface area contributed by atoms with E-state index < -0.39 is 17.8 Å². The van der Waals surface area contributed by atoms with Crippen LogP contribution in [0.1, 0.15) is 24.0 Å². The second-order valence-corrected chi connectivity index (χ2v) is 30.4. The van der Waals surface area contributed by atoms with Crippen molar-refractivity contribution in [3.05, 3.63) is 280 Å². The van der Waals surface area contributed by atoms with E-state index in [0.29, 0.717) is 79.9 Å². The number of aromatic nitrogens is 25. The third-order valence-corrected chi connectivity index (χ3v) is 20.7. The summed E-state index contributed by atoms with van der Waals surface area (Å²) in [5.41, 5.74) is 15.5. The molecule has 2 fully saturated rings. The number of alkyl halides is 3. The van der Waals surface area contributed by atoms with Crippen LogP contribution in [0.5, 0.6) is 17.2 Å². The number of likely N-dealkylation sites (N-methyl/N-ethyl adjacent to an activating group) is 2. The lowest BCUT2D eigenvalue weighted by Gasteiger charge is -2.35. The van der Waals surface area contributed by atoms with Gasteiger partial charge in [-0.1, -0.05) is 12.0 Å². The van der Waals surface area contributed by atoms with Crippen molar-refractivity contribution in [2.24, 2.45) is 0 Å². The summed E-state index contributed by atoms with van der Waals surface area (Å²) < 4.78 is 66.2. The number of fused-ring (bicyclic) bond motifs is 6. The smallest absolute Gasteiger partial charge is 0.418 e. The number of aliphatic hydroxyl groups is 1. The number of aliphatic hydroxyl groups excluding tert-OH is 1. The van der Waals surface area contributed by atoms with E-state index in [4.69, 9.17) is 20.6 Å². The van der Waals surface area contributed by atoms with Gasteiger partial charge in [-0.05, 0) is 198 Å². The maximum absolute atomic E-state index is 13.9. The predicted octanol–water partition coefficient (Wildman–Crippen LogP) is 13.3. The fraction of sp³-hybridized carbons (Fsp3) is 0.174. The Labute approximate surface area is 750 Å². The minimum Gasteiger partial charge on any atom is -0.491 e. The Morgan fingerprint density at radius 3 is 1.24 bits per heavy atom. The van der Waals surface area contributed by atoms with Gasteiger partial charge in [0.05, 0.1) is 92.6 Å². The highest BCUT2D eigenvalue weighted by Gasteiger charge is 2.36. The molecule has 17 heterocycles. The minimum atomic E-state index is -4.48. The molecule has 1 atom stereocenters. The molecule has 40 heteroatoms. The number of benzene rings is 4. The summed E-state index contributed by atoms with van der Waals surface area (Å²) in [6, 6.07) is 53.5. The van der Waals surface area contributed by atoms with Crippen molar-refractivity contribution in [1.82, 2.24) is 134 Å². The molecule has 0 spiro atoms. The molecule has 3 aliphatic rings. The maximum atomic E-state index is 13.9. The molecule has 4 aromatic carbocycles. The molecule has 1 unspecified atom stereocenters. The number of nitrogens with one attached hydrogen (secondary N) is 5. The molecule has 37 nitrogen and oxygen atoms in total. The highest BCUT2D eigenvalue weighted by Crippen LogP contribution is 2.41. The van der Waals surface area contributed by atoms with Gasteiger partial charge in [0.2, 0.25) is 29.7 Å². The Bertz CT molecular complexity index is 7260. The summed E-state index contributed by atoms with van der Waals surface area (Å²) in [6.45, 7) is 4.44. The summed E-state index contributed by atoms with van der Waals surface area (Å²) >= 11 is 0. The Kier molecular flexibility index (Phi) is 25.5. The Morgan fingerprint density at radius 2 is 0.826 bits per heavy atom. The lowest BCUT2D eigenvalue weighted by atomic mass is 10.1. The van der Waals surface area contributed by atoms with Crippen LogP contribution in [0.3, 0.4) is 0 Å². The molecule has 1 aliphatic carbocycles. The highest BCUT2D eigenvalue weighted by molar-refractivity contribution is 5.82. The first-order valence-corrected chi connectivity index (χ1v) is 41.7. The number of ether oxygens (including phenoxy) is 3. The van der Waals surface area contributed by atoms with Crippen molar-refractivity contribution in [1.29, 1.82) is 0 Å². The maximum Gasteiger partial charge on any atom is 0.418 e. The van der Waals surface area contributed by atoms with Gasteiger partial charge in [0.1, 0.15) is 31.7 Å². The van der Waals surface area contributed by atoms with Crippen molar-refractivity contribution in [2.45, 2.75) is 31.2 Å². The Balaban J connectivity index is 0.000000112. The number of halogens is 3. The van der Waals surface area contributed by atoms with Crippen molar-refractivity contribution >= 4 is 85.8 Å². The van der Waals surface area contributed by atoms with E-state index in [1.54, 1.807) is 135 Å². The molecule has 1 saturated carbocycles. The molecule has 0 radical (unpaired) electrons. The summed E-state index contributed by atoms with van der Waals surface area (Å²) in [4.78, 5) is 49.9. The molecular weight excluding hydrogens is 1690 g/mol. The zero-order valence-corrected chi connectivity index (χ0v) is 71.0. The second kappa shape index (κ2) is 39.4. The molecule has 0 amide bonds. The van der Waals surface area contributed by atoms with E-state index in [2.05, 4.69) is 138 Å². The average molecular weight is 1770 g/mol. The minimum absolute atomic E-state index is 0.190. The van der Waals surface area contributed by atoms with Crippen LogP contribution >= 0.6 is 0 Å². The van der Waals surface area contributed by atoms with Crippen LogP contribution in [0, 0.1) is 12.3 Å². The van der Waals surface area contributed by atoms with Gasteiger partial charge in [0.25, 0.3) is 0 Å². The summed E-state index contributed by atoms with van der Waals surface area (Å²) in [5.74, 6) is 7.09. The van der Waals surface area contributed by atoms with Crippen LogP contribution < -0.4 is 45.7 Å². The second-order valence-electron chi connectivity index (χ2n) is 30.4. The quantitative estimate of drug-likeness (QED) is 0.0364. The van der Waals surface area contributed by atoms with Crippen LogP contribution in [-0.2, 0) is 6.18 Å². The molecular formula is C92H82F3N33O4. The first-order chi connectivity index (χ1) is 64.6. The van der Waals surface area contributed by atoms with Gasteiger partial charge in [-0.3, -0.25) is 0 Å². The van der Waals surface area contributed by atoms with E-state index in [1.165, 1.54) is 23.5 Å². The molecule has 22 rings (SSSR count). The van der Waals surface area contributed by atoms with Gasteiger partial charge >= 0.3 is 6.18 Å². The van der Waals surface area contributed by atoms with Crippen LogP contribution in [0.2, 0.25) is 0 Å². The average Bonchev–Trinajstić information content (AvgIpc) is 1.61. The van der Waals surface area contributed by atoms with Gasteiger partial charge in [0.15, 0.2) is 11.5 Å². The fourth-order valence-electron chi connectivity index (χ4n) is 14.2. The lowest BCUT2D eigenvalue weighted by molar-refractivity contribution is -0.137. The fourth-order valence-corrected chi connectivity index (χ4v) is 14.2. The number of hydrogen-bond acceptors (Lipinski definition) is 32. The number of nitrogens with zero attached hydrogens (tertiary/aromatic N) is 28. The number of terminal acetylenes is 1. The SMILES string of the molecule is C#Cc1cccc(Nc2nccc(-c3cnn4ncccc34)n2)c1.CN(C)CC(O)COc1ccc(Nc2nccc(-c3cnn4ncccc34)n2)cc1.CN1CCN(c2ccc(Nc3nccc(-c4cnn5ncccc45)n3)cc2C(F)(F)F)CC1.c1cnn2ncc(-c3ccnc(NC4CC4)n3)c2c1.c1cnn2ncc(-c3ccnc(Nc4ccc5c(c4)OCCO5)n3)c2c1. The third-order valence-electron chi connectivity index (χ3n) is 20.7. The Hall–Kier alpha value is -17.2. The molecule has 19 aromatic rings. The van der Waals surface area contributed by atoms with E-state index in [1.807, 2.05) is 172 Å². The van der Waals surface area contributed by atoms with E-state index >= 15 is 0 Å². The summed E-state index contributed by atoms with van der Waals surface area (Å²) in [7, 11) is 5.78. The number of piperazine rings is 1. The van der Waals surface area contributed by atoms with E-state index in [0.717, 1.165) is 126 Å². The van der Waals surface area contributed by atoms with Gasteiger partial charge < -0.3 is 60.6 Å². The third kappa shape index (κ3) is 20.9. The number of rotatable bonds is 21. The molecule has 6 N–H and O–H groups in total. The molecule has 15 aromatic heterocycles. The van der Waals surface area contributed by atoms with Crippen molar-refractivity contribution < 1.29 is 32.5 Å².